The molecule has 3 heteroatoms. The number of alkyl halides is 1. The number of hydrogen-bond donors (Lipinski definition) is 1. The van der Waals surface area contributed by atoms with Gasteiger partial charge in [0.1, 0.15) is 0 Å². The molecule has 0 unspecified atom stereocenters. The number of thiol groups is 1. The van der Waals surface area contributed by atoms with E-state index < -0.39 is 14.5 Å². The summed E-state index contributed by atoms with van der Waals surface area (Å²) < 4.78 is 0. The first-order chi connectivity index (χ1) is 1.73. The molecule has 0 aliphatic carbocycles. The average molecular weight is 302 g/mol. The van der Waals surface area contributed by atoms with Crippen LogP contribution in [0.15, 0.2) is 0 Å². The van der Waals surface area contributed by atoms with E-state index >= 15 is 0 Å². The fourth-order valence-corrected chi connectivity index (χ4v) is 0. The van der Waals surface area contributed by atoms with Crippen LogP contribution < -0.4 is 0 Å². The molecule has 0 aromatic heterocycles. The van der Waals surface area contributed by atoms with Crippen LogP contribution in [-0.2, 0) is 0 Å². The van der Waals surface area contributed by atoms with Crippen LogP contribution in [0.4, 0.5) is 0 Å². The Labute approximate surface area is 47.1 Å². The van der Waals surface area contributed by atoms with Gasteiger partial charge in [-0.2, -0.15) is 0 Å². The predicted molar refractivity (Wildman–Crippen MR) is 43.0 cm³/mol. The van der Waals surface area contributed by atoms with Crippen molar-refractivity contribution in [3.63, 3.8) is 0 Å². The Morgan fingerprint density at radius 2 is 2.00 bits per heavy atom. The summed E-state index contributed by atoms with van der Waals surface area (Å²) >= 11 is 1.77. The Hall–Kier alpha value is 1.81. The van der Waals surface area contributed by atoms with Gasteiger partial charge in [0.25, 0.3) is 0 Å². The molecule has 0 atom stereocenters. The summed E-state index contributed by atoms with van der Waals surface area (Å²) in [6, 6.07) is 0. The normalized spacial score (nSPS) is 11.2. The summed E-state index contributed by atoms with van der Waals surface area (Å²) in [5, 5.41) is 0. The van der Waals surface area contributed by atoms with Gasteiger partial charge in [0.15, 0.2) is 0 Å². The molecule has 0 nitrogen and oxygen atoms in total. The molecule has 0 saturated heterocycles. The molecule has 0 aliphatic heterocycles. The van der Waals surface area contributed by atoms with E-state index in [1.54, 1.807) is 0 Å². The topological polar surface area (TPSA) is 0 Å². The van der Waals surface area contributed by atoms with E-state index in [0.717, 1.165) is 0 Å². The zero-order chi connectivity index (χ0) is 3.58. The summed E-state index contributed by atoms with van der Waals surface area (Å²) in [5.41, 5.74) is 0. The molecular formula is CH4I2S. The Balaban J connectivity index is 2.32. The van der Waals surface area contributed by atoms with E-state index in [1.165, 1.54) is 0 Å². The van der Waals surface area contributed by atoms with Crippen molar-refractivity contribution in [2.24, 2.45) is 0 Å². The molecule has 28 valence electrons. The number of rotatable bonds is 0. The van der Waals surface area contributed by atoms with Crippen molar-refractivity contribution in [1.82, 2.24) is 0 Å². The molecule has 0 amide bonds. The predicted octanol–water partition coefficient (Wildman–Crippen LogP) is 2.32. The van der Waals surface area contributed by atoms with Crippen LogP contribution >= 0.6 is 42.9 Å². The van der Waals surface area contributed by atoms with Crippen LogP contribution in [0.25, 0.3) is 0 Å². The SMILES string of the molecule is CI(S)I. The Morgan fingerprint density at radius 3 is 2.00 bits per heavy atom. The van der Waals surface area contributed by atoms with Gasteiger partial charge in [0, 0.05) is 0 Å². The molecule has 0 aromatic rings. The quantitative estimate of drug-likeness (QED) is 0.396. The van der Waals surface area contributed by atoms with Gasteiger partial charge in [-0.25, -0.2) is 0 Å². The van der Waals surface area contributed by atoms with Gasteiger partial charge in [0.2, 0.25) is 0 Å². The fourth-order valence-electron chi connectivity index (χ4n) is 0. The van der Waals surface area contributed by atoms with Crippen molar-refractivity contribution in [2.75, 3.05) is 4.93 Å². The van der Waals surface area contributed by atoms with E-state index in [2.05, 4.69) is 33.3 Å². The molecule has 0 aliphatic rings. The average Bonchev–Trinajstić information content (AvgIpc) is 0.811. The van der Waals surface area contributed by atoms with E-state index in [1.807, 2.05) is 0 Å². The second kappa shape index (κ2) is 3.02. The molecule has 0 bridgehead atoms. The van der Waals surface area contributed by atoms with Crippen LogP contribution in [0.5, 0.6) is 0 Å². The standard InChI is InChI=1S/CH4I2S/c1-3(2)4/h4H,1H3. The van der Waals surface area contributed by atoms with Gasteiger partial charge in [-0.3, -0.25) is 0 Å². The van der Waals surface area contributed by atoms with E-state index in [4.69, 9.17) is 0 Å². The molecule has 0 heterocycles. The summed E-state index contributed by atoms with van der Waals surface area (Å²) in [6.45, 7) is 0. The van der Waals surface area contributed by atoms with Gasteiger partial charge in [0.05, 0.1) is 0 Å². The minimum atomic E-state index is -0.599. The molecule has 0 rings (SSSR count). The van der Waals surface area contributed by atoms with Crippen LogP contribution in [0.1, 0.15) is 0 Å². The van der Waals surface area contributed by atoms with E-state index in [-0.39, 0.29) is 0 Å². The van der Waals surface area contributed by atoms with Crippen molar-refractivity contribution in [3.05, 3.63) is 0 Å². The van der Waals surface area contributed by atoms with Crippen molar-refractivity contribution >= 4 is 42.9 Å². The third kappa shape index (κ3) is 9.18. The van der Waals surface area contributed by atoms with Crippen LogP contribution in [0.3, 0.4) is 0 Å². The van der Waals surface area contributed by atoms with E-state index in [9.17, 15) is 0 Å². The Bertz CT molecular complexity index is 10.8. The maximum atomic E-state index is 4.11. The molecule has 0 aromatic carbocycles. The van der Waals surface area contributed by atoms with Crippen molar-refractivity contribution in [2.45, 2.75) is 0 Å². The maximum absolute atomic E-state index is 4.11. The van der Waals surface area contributed by atoms with Gasteiger partial charge >= 0.3 is 47.8 Å². The number of halogens is 2. The van der Waals surface area contributed by atoms with Gasteiger partial charge in [-0.1, -0.05) is 0 Å². The van der Waals surface area contributed by atoms with Crippen LogP contribution in [-0.4, -0.2) is 4.93 Å². The molecule has 4 heavy (non-hydrogen) atoms. The zero-order valence-electron chi connectivity index (χ0n) is 2.20. The second-order valence-electron chi connectivity index (χ2n) is 0.376. The van der Waals surface area contributed by atoms with Crippen molar-refractivity contribution < 1.29 is 0 Å². The Morgan fingerprint density at radius 1 is 2.00 bits per heavy atom. The molecule has 0 spiro atoms. The summed E-state index contributed by atoms with van der Waals surface area (Å²) in [4.78, 5) is 2.17. The van der Waals surface area contributed by atoms with Crippen LogP contribution in [0, 0.1) is 0 Å². The van der Waals surface area contributed by atoms with Gasteiger partial charge in [-0.05, 0) is 0 Å². The summed E-state index contributed by atoms with van der Waals surface area (Å²) in [5.74, 6) is 0. The minimum absolute atomic E-state index is 0.599. The molecule has 0 radical (unpaired) electrons. The number of hydrogen-bond acceptors (Lipinski definition) is 1. The third-order valence-corrected chi connectivity index (χ3v) is 0. The van der Waals surface area contributed by atoms with Crippen LogP contribution in [0.2, 0.25) is 0 Å². The third-order valence-electron chi connectivity index (χ3n) is 0. The van der Waals surface area contributed by atoms with Gasteiger partial charge in [-0.15, -0.1) is 0 Å². The zero-order valence-corrected chi connectivity index (χ0v) is 7.41. The first-order valence-corrected chi connectivity index (χ1v) is 12.4. The Kier molecular flexibility index (Phi) is 4.38. The molecular weight excluding hydrogens is 298 g/mol. The van der Waals surface area contributed by atoms with Crippen molar-refractivity contribution in [1.29, 1.82) is 0 Å². The van der Waals surface area contributed by atoms with E-state index in [0.29, 0.717) is 0 Å². The van der Waals surface area contributed by atoms with Gasteiger partial charge < -0.3 is 0 Å². The first kappa shape index (κ1) is 5.81. The van der Waals surface area contributed by atoms with Crippen molar-refractivity contribution in [3.8, 4) is 0 Å². The molecule has 0 fully saturated rings. The monoisotopic (exact) mass is 302 g/mol. The summed E-state index contributed by atoms with van der Waals surface area (Å²) in [6.07, 6.45) is 0. The molecule has 0 N–H and O–H groups in total. The fraction of sp³-hybridized carbons (Fsp3) is 1.00. The first-order valence-electron chi connectivity index (χ1n) is 0.690. The second-order valence-corrected chi connectivity index (χ2v) is 18.5. The molecule has 0 saturated carbocycles. The summed E-state index contributed by atoms with van der Waals surface area (Å²) in [7, 11) is 4.11.